The number of carbonyl (C=O) groups is 2. The Morgan fingerprint density at radius 1 is 1.31 bits per heavy atom. The minimum absolute atomic E-state index is 0.0352. The highest BCUT2D eigenvalue weighted by molar-refractivity contribution is 7.17. The molecule has 1 atom stereocenters. The molecule has 7 nitrogen and oxygen atoms in total. The number of hydrogen-bond acceptors (Lipinski definition) is 7. The summed E-state index contributed by atoms with van der Waals surface area (Å²) in [6, 6.07) is 0.414. The molecule has 0 radical (unpaired) electrons. The van der Waals surface area contributed by atoms with E-state index in [0.29, 0.717) is 23.8 Å². The first-order valence-corrected chi connectivity index (χ1v) is 12.8. The van der Waals surface area contributed by atoms with Crippen LogP contribution in [0.25, 0.3) is 10.4 Å². The number of nitrogens with zero attached hydrogens (tertiary/aromatic N) is 3. The van der Waals surface area contributed by atoms with Crippen LogP contribution in [0, 0.1) is 5.92 Å². The SMILES string of the molecule is CC.CCOC(=O)c1nc(C(=O)N2CC(F)(F)CC2C)c(-c2cnc(NCC3CC3)cc2C(F)F)s1. The second-order valence-electron chi connectivity index (χ2n) is 8.54. The van der Waals surface area contributed by atoms with Gasteiger partial charge >= 0.3 is 5.97 Å². The van der Waals surface area contributed by atoms with Crippen molar-refractivity contribution >= 4 is 29.0 Å². The lowest BCUT2D eigenvalue weighted by molar-refractivity contribution is 0.0117. The topological polar surface area (TPSA) is 84.4 Å². The standard InChI is InChI=1S/C22H24F4N4O3S.C2H6/c1-3-33-21(32)19-29-16(20(31)30-10-22(25,26)7-11(30)2)17(34-19)14-9-28-15(6-13(14)18(23)24)27-8-12-4-5-12;1-2/h6,9,11-12,18H,3-5,7-8,10H2,1-2H3,(H,27,28);1-2H3. The van der Waals surface area contributed by atoms with Crippen LogP contribution in [0.4, 0.5) is 23.4 Å². The van der Waals surface area contributed by atoms with Gasteiger partial charge in [0.25, 0.3) is 18.3 Å². The van der Waals surface area contributed by atoms with E-state index in [-0.39, 0.29) is 33.6 Å². The van der Waals surface area contributed by atoms with Crippen molar-refractivity contribution in [3.05, 3.63) is 28.5 Å². The van der Waals surface area contributed by atoms with E-state index in [9.17, 15) is 27.2 Å². The summed E-state index contributed by atoms with van der Waals surface area (Å²) in [5.41, 5.74) is -0.830. The number of thiazole rings is 1. The number of likely N-dealkylation sites (tertiary alicyclic amines) is 1. The van der Waals surface area contributed by atoms with Gasteiger partial charge in [-0.1, -0.05) is 13.8 Å². The normalized spacial score (nSPS) is 18.6. The number of pyridine rings is 1. The highest BCUT2D eigenvalue weighted by Gasteiger charge is 2.46. The quantitative estimate of drug-likeness (QED) is 0.331. The first kappa shape index (κ1) is 27.8. The minimum Gasteiger partial charge on any atom is -0.461 e. The third-order valence-electron chi connectivity index (χ3n) is 5.75. The van der Waals surface area contributed by atoms with Crippen LogP contribution in [0.15, 0.2) is 12.3 Å². The van der Waals surface area contributed by atoms with Crippen molar-refractivity contribution in [2.24, 2.45) is 5.92 Å². The molecule has 3 heterocycles. The maximum absolute atomic E-state index is 14.0. The van der Waals surface area contributed by atoms with Crippen LogP contribution in [0.5, 0.6) is 0 Å². The summed E-state index contributed by atoms with van der Waals surface area (Å²) in [4.78, 5) is 34.7. The Morgan fingerprint density at radius 3 is 2.56 bits per heavy atom. The summed E-state index contributed by atoms with van der Waals surface area (Å²) in [6.45, 7) is 6.90. The Hall–Kier alpha value is -2.76. The molecule has 36 heavy (non-hydrogen) atoms. The van der Waals surface area contributed by atoms with Crippen LogP contribution in [-0.4, -0.2) is 58.4 Å². The summed E-state index contributed by atoms with van der Waals surface area (Å²) >= 11 is 0.700. The fourth-order valence-electron chi connectivity index (χ4n) is 3.86. The zero-order chi connectivity index (χ0) is 26.6. The lowest BCUT2D eigenvalue weighted by Crippen LogP contribution is -2.35. The number of alkyl halides is 4. The molecule has 2 aliphatic rings. The molecule has 0 bridgehead atoms. The smallest absolute Gasteiger partial charge is 0.367 e. The molecule has 1 saturated heterocycles. The van der Waals surface area contributed by atoms with Gasteiger partial charge in [-0.25, -0.2) is 32.3 Å². The van der Waals surface area contributed by atoms with Crippen LogP contribution in [0.3, 0.4) is 0 Å². The lowest BCUT2D eigenvalue weighted by Gasteiger charge is -2.20. The van der Waals surface area contributed by atoms with Crippen LogP contribution < -0.4 is 5.32 Å². The van der Waals surface area contributed by atoms with E-state index < -0.39 is 48.8 Å². The molecule has 2 aromatic heterocycles. The van der Waals surface area contributed by atoms with Crippen LogP contribution in [0.2, 0.25) is 0 Å². The number of nitrogens with one attached hydrogen (secondary N) is 1. The van der Waals surface area contributed by atoms with Crippen molar-refractivity contribution in [2.45, 2.75) is 65.3 Å². The Balaban J connectivity index is 0.00000176. The maximum Gasteiger partial charge on any atom is 0.367 e. The zero-order valence-corrected chi connectivity index (χ0v) is 21.4. The average molecular weight is 531 g/mol. The summed E-state index contributed by atoms with van der Waals surface area (Å²) in [5.74, 6) is -4.00. The maximum atomic E-state index is 14.0. The van der Waals surface area contributed by atoms with Crippen molar-refractivity contribution in [3.8, 4) is 10.4 Å². The van der Waals surface area contributed by atoms with E-state index in [0.717, 1.165) is 17.7 Å². The number of anilines is 1. The molecule has 4 rings (SSSR count). The van der Waals surface area contributed by atoms with E-state index >= 15 is 0 Å². The Labute approximate surface area is 211 Å². The van der Waals surface area contributed by atoms with Gasteiger partial charge in [0.15, 0.2) is 0 Å². The van der Waals surface area contributed by atoms with Gasteiger partial charge in [-0.3, -0.25) is 4.79 Å². The first-order valence-electron chi connectivity index (χ1n) is 12.0. The van der Waals surface area contributed by atoms with E-state index in [1.165, 1.54) is 19.2 Å². The predicted octanol–water partition coefficient (Wildman–Crippen LogP) is 6.04. The van der Waals surface area contributed by atoms with E-state index in [2.05, 4.69) is 15.3 Å². The van der Waals surface area contributed by atoms with Crippen LogP contribution >= 0.6 is 11.3 Å². The van der Waals surface area contributed by atoms with Crippen molar-refractivity contribution in [1.29, 1.82) is 0 Å². The summed E-state index contributed by atoms with van der Waals surface area (Å²) in [7, 11) is 0. The molecule has 2 fully saturated rings. The molecule has 198 valence electrons. The molecular formula is C24H30F4N4O3S. The van der Waals surface area contributed by atoms with Gasteiger partial charge in [-0.05, 0) is 38.7 Å². The fraction of sp³-hybridized carbons (Fsp3) is 0.583. The molecule has 1 saturated carbocycles. The van der Waals surface area contributed by atoms with Gasteiger partial charge in [0, 0.05) is 36.3 Å². The highest BCUT2D eigenvalue weighted by Crippen LogP contribution is 2.40. The Morgan fingerprint density at radius 2 is 2.00 bits per heavy atom. The molecule has 1 aliphatic heterocycles. The molecule has 2 aromatic rings. The summed E-state index contributed by atoms with van der Waals surface area (Å²) in [6.07, 6.45) is -0.0925. The number of ether oxygens (including phenoxy) is 1. The van der Waals surface area contributed by atoms with E-state index in [1.807, 2.05) is 13.8 Å². The van der Waals surface area contributed by atoms with Gasteiger partial charge in [0.2, 0.25) is 5.01 Å². The third kappa shape index (κ3) is 6.32. The number of halogens is 4. The van der Waals surface area contributed by atoms with Crippen molar-refractivity contribution in [3.63, 3.8) is 0 Å². The average Bonchev–Trinajstić information content (AvgIpc) is 3.49. The largest absolute Gasteiger partial charge is 0.461 e. The molecule has 1 aliphatic carbocycles. The molecule has 1 amide bonds. The van der Waals surface area contributed by atoms with Gasteiger partial charge in [0.05, 0.1) is 18.0 Å². The van der Waals surface area contributed by atoms with Gasteiger partial charge in [0.1, 0.15) is 11.5 Å². The second-order valence-corrected chi connectivity index (χ2v) is 9.54. The number of carbonyl (C=O) groups excluding carboxylic acids is 2. The molecule has 0 spiro atoms. The Bertz CT molecular complexity index is 1090. The van der Waals surface area contributed by atoms with Gasteiger partial charge in [-0.2, -0.15) is 0 Å². The molecular weight excluding hydrogens is 500 g/mol. The van der Waals surface area contributed by atoms with Crippen LogP contribution in [0.1, 0.15) is 79.2 Å². The Kier molecular flexibility index (Phi) is 8.91. The number of hydrogen-bond donors (Lipinski definition) is 1. The third-order valence-corrected chi connectivity index (χ3v) is 6.82. The molecule has 1 unspecified atom stereocenters. The van der Waals surface area contributed by atoms with Crippen molar-refractivity contribution in [1.82, 2.24) is 14.9 Å². The molecule has 1 N–H and O–H groups in total. The second kappa shape index (κ2) is 11.5. The van der Waals surface area contributed by atoms with Gasteiger partial charge in [-0.15, -0.1) is 11.3 Å². The summed E-state index contributed by atoms with van der Waals surface area (Å²) in [5, 5.41) is 2.80. The molecule has 12 heteroatoms. The first-order chi connectivity index (χ1) is 17.1. The number of rotatable bonds is 8. The number of amides is 1. The zero-order valence-electron chi connectivity index (χ0n) is 20.6. The minimum atomic E-state index is -3.07. The van der Waals surface area contributed by atoms with Gasteiger partial charge < -0.3 is 15.0 Å². The number of esters is 1. The number of aromatic nitrogens is 2. The van der Waals surface area contributed by atoms with E-state index in [4.69, 9.17) is 4.74 Å². The van der Waals surface area contributed by atoms with Crippen LogP contribution in [-0.2, 0) is 4.74 Å². The monoisotopic (exact) mass is 530 g/mol. The fourth-order valence-corrected chi connectivity index (χ4v) is 4.84. The van der Waals surface area contributed by atoms with Crippen molar-refractivity contribution < 1.29 is 31.9 Å². The summed E-state index contributed by atoms with van der Waals surface area (Å²) < 4.78 is 60.8. The highest BCUT2D eigenvalue weighted by atomic mass is 32.1. The lowest BCUT2D eigenvalue weighted by atomic mass is 10.1. The predicted molar refractivity (Wildman–Crippen MR) is 129 cm³/mol. The molecule has 0 aromatic carbocycles. The van der Waals surface area contributed by atoms with E-state index in [1.54, 1.807) is 6.92 Å². The van der Waals surface area contributed by atoms with Crippen molar-refractivity contribution in [2.75, 3.05) is 25.0 Å².